The summed E-state index contributed by atoms with van der Waals surface area (Å²) in [4.78, 5) is 0. The largest absolute Gasteiger partial charge is 0.395 e. The number of hydrogen-bond donors (Lipinski definition) is 1. The predicted octanol–water partition coefficient (Wildman–Crippen LogP) is 16.8. The number of rotatable bonds is 16. The quantitative estimate of drug-likeness (QED) is 0.0965. The SMILES string of the molecule is CCCCCCn1c2ccc(-c3ccccc3)cc2c2cc(-c3ccc4c(c3)c3cc(-c5ccc6c(c5)c5cc(-c7ccccc7)ccc5n6CCCCCC)ccc3n4CCO)ccc21. The van der Waals surface area contributed by atoms with E-state index in [0.717, 1.165) is 24.1 Å². The standard InChI is InChI=1S/C62H59N3O/c1-3-5-7-15-33-63-57-27-21-45(43-17-11-9-12-18-43)37-51(57)53-39-47(23-29-59(53)63)49-25-31-61-55(41-49)56-42-50(26-32-62(56)65(61)35-36-66)48-24-30-60-54(40-48)52-38-46(44-19-13-10-14-20-44)22-28-58(52)64(60)34-16-8-6-4-2/h9-14,17-32,37-42,66H,3-8,15-16,33-36H2,1-2H3. The Kier molecular flexibility index (Phi) is 11.5. The molecule has 4 nitrogen and oxygen atoms in total. The van der Waals surface area contributed by atoms with Crippen molar-refractivity contribution >= 4 is 65.4 Å². The fourth-order valence-corrected chi connectivity index (χ4v) is 10.9. The van der Waals surface area contributed by atoms with Gasteiger partial charge in [-0.3, -0.25) is 0 Å². The fourth-order valence-electron chi connectivity index (χ4n) is 10.9. The third-order valence-electron chi connectivity index (χ3n) is 14.3. The number of nitrogens with zero attached hydrogens (tertiary/aromatic N) is 3. The lowest BCUT2D eigenvalue weighted by Gasteiger charge is -2.09. The van der Waals surface area contributed by atoms with Gasteiger partial charge in [0.2, 0.25) is 0 Å². The van der Waals surface area contributed by atoms with Crippen LogP contribution in [0, 0.1) is 0 Å². The van der Waals surface area contributed by atoms with Crippen LogP contribution in [0.25, 0.3) is 110 Å². The zero-order valence-corrected chi connectivity index (χ0v) is 38.4. The first-order valence-corrected chi connectivity index (χ1v) is 24.5. The van der Waals surface area contributed by atoms with Gasteiger partial charge in [-0.05, 0) is 130 Å². The molecule has 11 aromatic rings. The zero-order chi connectivity index (χ0) is 44.6. The summed E-state index contributed by atoms with van der Waals surface area (Å²) in [7, 11) is 0. The Balaban J connectivity index is 1.03. The van der Waals surface area contributed by atoms with Crippen molar-refractivity contribution in [2.75, 3.05) is 6.61 Å². The Hall–Kier alpha value is -6.88. The number of aryl methyl sites for hydroxylation is 2. The topological polar surface area (TPSA) is 35.0 Å². The minimum Gasteiger partial charge on any atom is -0.395 e. The van der Waals surface area contributed by atoms with Crippen LogP contribution < -0.4 is 0 Å². The average molecular weight is 862 g/mol. The minimum atomic E-state index is 0.0800. The number of aromatic nitrogens is 3. The highest BCUT2D eigenvalue weighted by Gasteiger charge is 2.18. The summed E-state index contributed by atoms with van der Waals surface area (Å²) in [6.07, 6.45) is 9.86. The molecule has 0 aliphatic carbocycles. The highest BCUT2D eigenvalue weighted by Crippen LogP contribution is 2.41. The summed E-state index contributed by atoms with van der Waals surface area (Å²) < 4.78 is 7.40. The summed E-state index contributed by atoms with van der Waals surface area (Å²) in [5.41, 5.74) is 17.3. The second kappa shape index (κ2) is 18.2. The van der Waals surface area contributed by atoms with Crippen LogP contribution in [-0.2, 0) is 19.6 Å². The summed E-state index contributed by atoms with van der Waals surface area (Å²) >= 11 is 0. The molecule has 8 aromatic carbocycles. The van der Waals surface area contributed by atoms with E-state index in [0.29, 0.717) is 6.54 Å². The molecule has 0 spiro atoms. The van der Waals surface area contributed by atoms with Gasteiger partial charge in [0.25, 0.3) is 0 Å². The van der Waals surface area contributed by atoms with E-state index in [2.05, 4.69) is 197 Å². The molecule has 0 atom stereocenters. The minimum absolute atomic E-state index is 0.0800. The second-order valence-electron chi connectivity index (χ2n) is 18.4. The van der Waals surface area contributed by atoms with Gasteiger partial charge in [0.05, 0.1) is 6.61 Å². The molecule has 0 amide bonds. The van der Waals surface area contributed by atoms with Gasteiger partial charge >= 0.3 is 0 Å². The lowest BCUT2D eigenvalue weighted by atomic mass is 9.98. The Morgan fingerprint density at radius 2 is 0.561 bits per heavy atom. The molecule has 0 saturated carbocycles. The molecule has 3 aromatic heterocycles. The van der Waals surface area contributed by atoms with E-state index in [9.17, 15) is 5.11 Å². The van der Waals surface area contributed by atoms with Crippen LogP contribution in [0.4, 0.5) is 0 Å². The molecule has 66 heavy (non-hydrogen) atoms. The van der Waals surface area contributed by atoms with Crippen LogP contribution in [0.3, 0.4) is 0 Å². The molecule has 0 radical (unpaired) electrons. The maximum atomic E-state index is 10.3. The molecule has 0 aliphatic heterocycles. The van der Waals surface area contributed by atoms with Gasteiger partial charge in [-0.15, -0.1) is 0 Å². The van der Waals surface area contributed by atoms with Crippen molar-refractivity contribution in [3.63, 3.8) is 0 Å². The Bertz CT molecular complexity index is 3280. The van der Waals surface area contributed by atoms with Crippen molar-refractivity contribution < 1.29 is 5.11 Å². The summed E-state index contributed by atoms with van der Waals surface area (Å²) in [6, 6.07) is 63.6. The van der Waals surface area contributed by atoms with E-state index in [1.807, 2.05) is 0 Å². The fraction of sp³-hybridized carbons (Fsp3) is 0.226. The zero-order valence-electron chi connectivity index (χ0n) is 38.4. The number of unbranched alkanes of at least 4 members (excludes halogenated alkanes) is 6. The van der Waals surface area contributed by atoms with Crippen molar-refractivity contribution in [1.29, 1.82) is 0 Å². The number of fused-ring (bicyclic) bond motifs is 9. The van der Waals surface area contributed by atoms with Crippen molar-refractivity contribution in [3.8, 4) is 44.5 Å². The normalized spacial score (nSPS) is 12.0. The molecular formula is C62H59N3O. The van der Waals surface area contributed by atoms with Gasteiger partial charge in [0.1, 0.15) is 0 Å². The van der Waals surface area contributed by atoms with E-state index in [1.54, 1.807) is 0 Å². The van der Waals surface area contributed by atoms with Crippen LogP contribution in [0.1, 0.15) is 65.2 Å². The molecule has 0 saturated heterocycles. The van der Waals surface area contributed by atoms with Gasteiger partial charge in [0, 0.05) is 85.1 Å². The van der Waals surface area contributed by atoms with Gasteiger partial charge in [-0.25, -0.2) is 0 Å². The Labute approximate surface area is 388 Å². The molecule has 0 fully saturated rings. The Morgan fingerprint density at radius 1 is 0.288 bits per heavy atom. The van der Waals surface area contributed by atoms with Crippen LogP contribution in [0.15, 0.2) is 170 Å². The lowest BCUT2D eigenvalue weighted by molar-refractivity contribution is 0.280. The van der Waals surface area contributed by atoms with Crippen molar-refractivity contribution in [3.05, 3.63) is 170 Å². The molecule has 328 valence electrons. The number of hydrogen-bond acceptors (Lipinski definition) is 1. The molecule has 4 heteroatoms. The number of benzene rings is 8. The summed E-state index contributed by atoms with van der Waals surface area (Å²) in [6.45, 7) is 7.23. The van der Waals surface area contributed by atoms with E-state index < -0.39 is 0 Å². The predicted molar refractivity (Wildman–Crippen MR) is 283 cm³/mol. The van der Waals surface area contributed by atoms with Crippen LogP contribution in [0.2, 0.25) is 0 Å². The van der Waals surface area contributed by atoms with Crippen LogP contribution >= 0.6 is 0 Å². The maximum absolute atomic E-state index is 10.3. The van der Waals surface area contributed by atoms with Gasteiger partial charge in [0.15, 0.2) is 0 Å². The van der Waals surface area contributed by atoms with E-state index >= 15 is 0 Å². The van der Waals surface area contributed by atoms with Gasteiger partial charge in [-0.2, -0.15) is 0 Å². The van der Waals surface area contributed by atoms with Crippen molar-refractivity contribution in [2.24, 2.45) is 0 Å². The van der Waals surface area contributed by atoms with E-state index in [4.69, 9.17) is 0 Å². The van der Waals surface area contributed by atoms with E-state index in [-0.39, 0.29) is 6.61 Å². The average Bonchev–Trinajstić information content (AvgIpc) is 3.98. The molecule has 0 bridgehead atoms. The van der Waals surface area contributed by atoms with Gasteiger partial charge < -0.3 is 18.8 Å². The number of aliphatic hydroxyl groups excluding tert-OH is 1. The highest BCUT2D eigenvalue weighted by molar-refractivity contribution is 6.14. The third kappa shape index (κ3) is 7.57. The second-order valence-corrected chi connectivity index (χ2v) is 18.4. The first-order chi connectivity index (χ1) is 32.6. The first-order valence-electron chi connectivity index (χ1n) is 24.5. The third-order valence-corrected chi connectivity index (χ3v) is 14.3. The number of aliphatic hydroxyl groups is 1. The molecule has 1 N–H and O–H groups in total. The molecule has 0 unspecified atom stereocenters. The lowest BCUT2D eigenvalue weighted by Crippen LogP contribution is -2.01. The smallest absolute Gasteiger partial charge is 0.0610 e. The monoisotopic (exact) mass is 861 g/mol. The molecule has 3 heterocycles. The van der Waals surface area contributed by atoms with Crippen molar-refractivity contribution in [1.82, 2.24) is 13.7 Å². The van der Waals surface area contributed by atoms with Gasteiger partial charge in [-0.1, -0.05) is 149 Å². The summed E-state index contributed by atoms with van der Waals surface area (Å²) in [5, 5.41) is 18.0. The van der Waals surface area contributed by atoms with Crippen molar-refractivity contribution in [2.45, 2.75) is 84.8 Å². The van der Waals surface area contributed by atoms with Crippen LogP contribution in [-0.4, -0.2) is 25.4 Å². The molecular weight excluding hydrogens is 803 g/mol. The molecule has 11 rings (SSSR count). The highest BCUT2D eigenvalue weighted by atomic mass is 16.3. The Morgan fingerprint density at radius 3 is 0.833 bits per heavy atom. The van der Waals surface area contributed by atoms with Crippen LogP contribution in [0.5, 0.6) is 0 Å². The first kappa shape index (κ1) is 41.8. The molecule has 0 aliphatic rings. The summed E-state index contributed by atoms with van der Waals surface area (Å²) in [5.74, 6) is 0. The maximum Gasteiger partial charge on any atom is 0.0610 e. The van der Waals surface area contributed by atoms with E-state index in [1.165, 1.54) is 150 Å².